The number of hydrogen-bond acceptors (Lipinski definition) is 6. The van der Waals surface area contributed by atoms with Crippen LogP contribution in [0.4, 0.5) is 10.5 Å². The highest BCUT2D eigenvalue weighted by molar-refractivity contribution is 8.18. The highest BCUT2D eigenvalue weighted by atomic mass is 32.2. The minimum Gasteiger partial charge on any atom is -0.502 e. The van der Waals surface area contributed by atoms with E-state index in [2.05, 4.69) is 0 Å². The number of hydrogen-bond donors (Lipinski definition) is 1. The summed E-state index contributed by atoms with van der Waals surface area (Å²) >= 11 is 0.736. The molecule has 0 spiro atoms. The first-order valence-corrected chi connectivity index (χ1v) is 8.04. The number of carbonyl (C=O) groups is 2. The molecule has 1 fully saturated rings. The summed E-state index contributed by atoms with van der Waals surface area (Å²) < 4.78 is 0. The minimum absolute atomic E-state index is 0.108. The molecular weight excluding hydrogens is 344 g/mol. The Hall–Kier alpha value is -3.13. The minimum atomic E-state index is -0.714. The topological polar surface area (TPSA) is 101 Å². The number of carbonyl (C=O) groups excluding carboxylic acids is 2. The predicted molar refractivity (Wildman–Crippen MR) is 92.7 cm³/mol. The molecule has 126 valence electrons. The number of imide groups is 1. The monoisotopic (exact) mass is 356 g/mol. The van der Waals surface area contributed by atoms with Crippen LogP contribution in [0.3, 0.4) is 0 Å². The highest BCUT2D eigenvalue weighted by Crippen LogP contribution is 2.37. The molecule has 1 saturated heterocycles. The fraction of sp³-hybridized carbons (Fsp3) is 0.0588. The Morgan fingerprint density at radius 2 is 1.84 bits per heavy atom. The first kappa shape index (κ1) is 16.7. The number of aromatic hydroxyl groups is 1. The number of benzene rings is 2. The molecule has 2 amide bonds. The number of nitrogens with zero attached hydrogens (tertiary/aromatic N) is 2. The zero-order valence-corrected chi connectivity index (χ0v) is 13.6. The second-order valence-electron chi connectivity index (χ2n) is 5.23. The van der Waals surface area contributed by atoms with E-state index in [0.29, 0.717) is 0 Å². The van der Waals surface area contributed by atoms with Gasteiger partial charge in [0, 0.05) is 11.6 Å². The molecule has 0 aromatic heterocycles. The molecule has 7 nitrogen and oxygen atoms in total. The molecule has 2 aromatic rings. The third-order valence-corrected chi connectivity index (χ3v) is 4.49. The maximum Gasteiger partial charge on any atom is 0.311 e. The van der Waals surface area contributed by atoms with Gasteiger partial charge in [0.25, 0.3) is 11.1 Å². The molecule has 1 heterocycles. The number of rotatable bonds is 4. The van der Waals surface area contributed by atoms with Gasteiger partial charge < -0.3 is 5.11 Å². The van der Waals surface area contributed by atoms with Gasteiger partial charge in [0.15, 0.2) is 0 Å². The first-order valence-electron chi connectivity index (χ1n) is 7.23. The summed E-state index contributed by atoms with van der Waals surface area (Å²) in [6.07, 6.45) is 1.29. The Labute approximate surface area is 146 Å². The zero-order valence-electron chi connectivity index (χ0n) is 12.8. The van der Waals surface area contributed by atoms with Crippen LogP contribution >= 0.6 is 11.8 Å². The molecule has 3 rings (SSSR count). The van der Waals surface area contributed by atoms with Crippen molar-refractivity contribution in [2.45, 2.75) is 6.54 Å². The van der Waals surface area contributed by atoms with Crippen LogP contribution in [0.1, 0.15) is 11.1 Å². The van der Waals surface area contributed by atoms with Crippen LogP contribution in [-0.4, -0.2) is 26.1 Å². The Kier molecular flexibility index (Phi) is 4.53. The van der Waals surface area contributed by atoms with E-state index in [1.54, 1.807) is 12.1 Å². The number of nitro benzene ring substituents is 1. The molecular formula is C17H12N2O5S. The largest absolute Gasteiger partial charge is 0.502 e. The van der Waals surface area contributed by atoms with Gasteiger partial charge in [-0.05, 0) is 23.4 Å². The van der Waals surface area contributed by atoms with Crippen LogP contribution < -0.4 is 0 Å². The summed E-state index contributed by atoms with van der Waals surface area (Å²) in [6, 6.07) is 13.1. The standard InChI is InChI=1S/C17H12N2O5S/c20-15-12(7-4-8-13(15)19(23)24)9-14-16(21)18(17(22)25-14)10-11-5-2-1-3-6-11/h1-9,20H,10H2/b14-9-. The van der Waals surface area contributed by atoms with Crippen LogP contribution in [0.15, 0.2) is 53.4 Å². The van der Waals surface area contributed by atoms with Gasteiger partial charge in [-0.25, -0.2) is 0 Å². The molecule has 0 atom stereocenters. The molecule has 8 heteroatoms. The fourth-order valence-corrected chi connectivity index (χ4v) is 3.19. The third kappa shape index (κ3) is 3.38. The van der Waals surface area contributed by atoms with Crippen LogP contribution in [0.2, 0.25) is 0 Å². The van der Waals surface area contributed by atoms with E-state index in [4.69, 9.17) is 0 Å². The van der Waals surface area contributed by atoms with E-state index in [9.17, 15) is 24.8 Å². The summed E-state index contributed by atoms with van der Waals surface area (Å²) in [5.74, 6) is -1.04. The smallest absolute Gasteiger partial charge is 0.311 e. The predicted octanol–water partition coefficient (Wildman–Crippen LogP) is 3.54. The normalized spacial score (nSPS) is 15.8. The molecule has 25 heavy (non-hydrogen) atoms. The lowest BCUT2D eigenvalue weighted by Crippen LogP contribution is -2.27. The number of para-hydroxylation sites is 1. The van der Waals surface area contributed by atoms with E-state index < -0.39 is 27.5 Å². The van der Waals surface area contributed by atoms with Gasteiger partial charge >= 0.3 is 5.69 Å². The third-order valence-electron chi connectivity index (χ3n) is 3.59. The molecule has 1 aliphatic rings. The van der Waals surface area contributed by atoms with Gasteiger partial charge in [-0.3, -0.25) is 24.6 Å². The van der Waals surface area contributed by atoms with Crippen LogP contribution in [0, 0.1) is 10.1 Å². The Morgan fingerprint density at radius 3 is 2.52 bits per heavy atom. The summed E-state index contributed by atoms with van der Waals surface area (Å²) in [4.78, 5) is 35.9. The van der Waals surface area contributed by atoms with Crippen molar-refractivity contribution < 1.29 is 19.6 Å². The van der Waals surface area contributed by atoms with Gasteiger partial charge in [0.2, 0.25) is 5.75 Å². The summed E-state index contributed by atoms with van der Waals surface area (Å²) in [5.41, 5.74) is 0.459. The van der Waals surface area contributed by atoms with Crippen molar-refractivity contribution in [3.05, 3.63) is 74.7 Å². The van der Waals surface area contributed by atoms with E-state index in [0.717, 1.165) is 28.3 Å². The second-order valence-corrected chi connectivity index (χ2v) is 6.22. The average molecular weight is 356 g/mol. The highest BCUT2D eigenvalue weighted by Gasteiger charge is 2.35. The number of nitro groups is 1. The summed E-state index contributed by atoms with van der Waals surface area (Å²) in [6.45, 7) is 0.143. The maximum absolute atomic E-state index is 12.5. The van der Waals surface area contributed by atoms with Gasteiger partial charge in [-0.2, -0.15) is 0 Å². The molecule has 2 aromatic carbocycles. The second kappa shape index (κ2) is 6.78. The van der Waals surface area contributed by atoms with Gasteiger partial charge in [-0.1, -0.05) is 42.5 Å². The number of phenols is 1. The summed E-state index contributed by atoms with van der Waals surface area (Å²) in [5, 5.41) is 20.4. The van der Waals surface area contributed by atoms with Crippen molar-refractivity contribution in [3.63, 3.8) is 0 Å². The quantitative estimate of drug-likeness (QED) is 0.511. The lowest BCUT2D eigenvalue weighted by molar-refractivity contribution is -0.385. The molecule has 0 unspecified atom stereocenters. The van der Waals surface area contributed by atoms with Crippen LogP contribution in [0.5, 0.6) is 5.75 Å². The molecule has 0 saturated carbocycles. The average Bonchev–Trinajstić information content (AvgIpc) is 2.85. The van der Waals surface area contributed by atoms with Crippen molar-refractivity contribution in [2.75, 3.05) is 0 Å². The van der Waals surface area contributed by atoms with Crippen molar-refractivity contribution in [2.24, 2.45) is 0 Å². The lowest BCUT2D eigenvalue weighted by atomic mass is 10.1. The molecule has 0 bridgehead atoms. The van der Waals surface area contributed by atoms with E-state index in [-0.39, 0.29) is 17.0 Å². The van der Waals surface area contributed by atoms with Gasteiger partial charge in [0.05, 0.1) is 16.4 Å². The molecule has 0 aliphatic carbocycles. The van der Waals surface area contributed by atoms with Crippen molar-refractivity contribution in [3.8, 4) is 5.75 Å². The number of phenolic OH excluding ortho intramolecular Hbond substituents is 1. The zero-order chi connectivity index (χ0) is 18.0. The fourth-order valence-electron chi connectivity index (χ4n) is 2.36. The molecule has 0 radical (unpaired) electrons. The number of thioether (sulfide) groups is 1. The van der Waals surface area contributed by atoms with E-state index >= 15 is 0 Å². The van der Waals surface area contributed by atoms with Crippen molar-refractivity contribution in [1.29, 1.82) is 0 Å². The number of amides is 2. The Bertz CT molecular complexity index is 895. The van der Waals surface area contributed by atoms with Crippen LogP contribution in [0.25, 0.3) is 6.08 Å². The Morgan fingerprint density at radius 1 is 1.12 bits per heavy atom. The van der Waals surface area contributed by atoms with Crippen LogP contribution in [-0.2, 0) is 11.3 Å². The van der Waals surface area contributed by atoms with E-state index in [1.165, 1.54) is 18.2 Å². The van der Waals surface area contributed by atoms with Crippen molar-refractivity contribution >= 4 is 34.7 Å². The maximum atomic E-state index is 12.5. The summed E-state index contributed by atoms with van der Waals surface area (Å²) in [7, 11) is 0. The van der Waals surface area contributed by atoms with E-state index in [1.807, 2.05) is 18.2 Å². The lowest BCUT2D eigenvalue weighted by Gasteiger charge is -2.12. The molecule has 1 N–H and O–H groups in total. The van der Waals surface area contributed by atoms with Gasteiger partial charge in [-0.15, -0.1) is 0 Å². The van der Waals surface area contributed by atoms with Crippen molar-refractivity contribution in [1.82, 2.24) is 4.90 Å². The van der Waals surface area contributed by atoms with Gasteiger partial charge in [0.1, 0.15) is 0 Å². The molecule has 1 aliphatic heterocycles. The first-order chi connectivity index (χ1) is 12.0. The SMILES string of the molecule is O=C1S/C(=C\c2cccc([N+](=O)[O-])c2O)C(=O)N1Cc1ccccc1. The Balaban J connectivity index is 1.88.